The second-order valence-corrected chi connectivity index (χ2v) is 8.21. The standard InChI is InChI=1S/C13H24N2O4S/c1-19-10-13(4-6-14-7-5-13)12(16)15-9-11-3-2-8-20(11,17)18/h11,14H,2-10H2,1H3,(H,15,16). The summed E-state index contributed by atoms with van der Waals surface area (Å²) in [5.74, 6) is 0.184. The molecular weight excluding hydrogens is 280 g/mol. The normalized spacial score (nSPS) is 28.1. The number of ether oxygens (including phenoxy) is 1. The molecule has 1 amide bonds. The lowest BCUT2D eigenvalue weighted by Gasteiger charge is -2.35. The van der Waals surface area contributed by atoms with Crippen molar-refractivity contribution in [2.24, 2.45) is 5.41 Å². The molecule has 0 aromatic heterocycles. The third kappa shape index (κ3) is 3.32. The minimum Gasteiger partial charge on any atom is -0.384 e. The monoisotopic (exact) mass is 304 g/mol. The Morgan fingerprint density at radius 3 is 2.65 bits per heavy atom. The Hall–Kier alpha value is -0.660. The molecule has 1 atom stereocenters. The van der Waals surface area contributed by atoms with E-state index in [1.54, 1.807) is 7.11 Å². The molecule has 2 aliphatic heterocycles. The summed E-state index contributed by atoms with van der Waals surface area (Å²) in [4.78, 5) is 12.5. The van der Waals surface area contributed by atoms with Crippen molar-refractivity contribution in [3.8, 4) is 0 Å². The van der Waals surface area contributed by atoms with E-state index < -0.39 is 20.5 Å². The van der Waals surface area contributed by atoms with Gasteiger partial charge < -0.3 is 15.4 Å². The van der Waals surface area contributed by atoms with Crippen molar-refractivity contribution in [3.63, 3.8) is 0 Å². The second kappa shape index (κ2) is 6.41. The van der Waals surface area contributed by atoms with E-state index in [1.165, 1.54) is 0 Å². The molecule has 0 bridgehead atoms. The Labute approximate surface area is 120 Å². The largest absolute Gasteiger partial charge is 0.384 e. The van der Waals surface area contributed by atoms with Crippen LogP contribution in [0.25, 0.3) is 0 Å². The minimum absolute atomic E-state index is 0.0667. The number of methoxy groups -OCH3 is 1. The molecule has 20 heavy (non-hydrogen) atoms. The predicted octanol–water partition coefficient (Wildman–Crippen LogP) is -0.304. The van der Waals surface area contributed by atoms with Crippen LogP contribution < -0.4 is 10.6 Å². The average molecular weight is 304 g/mol. The molecule has 2 rings (SSSR count). The lowest BCUT2D eigenvalue weighted by atomic mass is 9.78. The molecule has 116 valence electrons. The van der Waals surface area contributed by atoms with E-state index in [1.807, 2.05) is 0 Å². The highest BCUT2D eigenvalue weighted by Crippen LogP contribution is 2.29. The Balaban J connectivity index is 1.95. The molecule has 2 N–H and O–H groups in total. The third-order valence-corrected chi connectivity index (χ3v) is 6.69. The van der Waals surface area contributed by atoms with Crippen molar-refractivity contribution >= 4 is 15.7 Å². The van der Waals surface area contributed by atoms with Gasteiger partial charge in [0.25, 0.3) is 0 Å². The van der Waals surface area contributed by atoms with Gasteiger partial charge in [-0.2, -0.15) is 0 Å². The lowest BCUT2D eigenvalue weighted by molar-refractivity contribution is -0.136. The maximum absolute atomic E-state index is 12.5. The van der Waals surface area contributed by atoms with Crippen LogP contribution in [0.4, 0.5) is 0 Å². The second-order valence-electron chi connectivity index (χ2n) is 5.80. The fourth-order valence-electron chi connectivity index (χ4n) is 3.10. The number of sulfone groups is 1. The Morgan fingerprint density at radius 1 is 1.40 bits per heavy atom. The number of amides is 1. The molecule has 2 saturated heterocycles. The van der Waals surface area contributed by atoms with Gasteiger partial charge in [-0.15, -0.1) is 0 Å². The van der Waals surface area contributed by atoms with Crippen molar-refractivity contribution in [1.29, 1.82) is 0 Å². The molecule has 2 fully saturated rings. The first-order valence-electron chi connectivity index (χ1n) is 7.20. The van der Waals surface area contributed by atoms with Crippen LogP contribution in [-0.2, 0) is 19.4 Å². The smallest absolute Gasteiger partial charge is 0.228 e. The van der Waals surface area contributed by atoms with Crippen LogP contribution in [0, 0.1) is 5.41 Å². The van der Waals surface area contributed by atoms with Crippen LogP contribution in [0.5, 0.6) is 0 Å². The molecule has 0 saturated carbocycles. The number of nitrogens with one attached hydrogen (secondary N) is 2. The third-order valence-electron chi connectivity index (χ3n) is 4.42. The number of rotatable bonds is 5. The summed E-state index contributed by atoms with van der Waals surface area (Å²) in [6.45, 7) is 2.20. The van der Waals surface area contributed by atoms with Crippen LogP contribution in [0.15, 0.2) is 0 Å². The van der Waals surface area contributed by atoms with Gasteiger partial charge in [-0.05, 0) is 38.8 Å². The van der Waals surface area contributed by atoms with Gasteiger partial charge in [-0.1, -0.05) is 0 Å². The lowest BCUT2D eigenvalue weighted by Crippen LogP contribution is -2.51. The van der Waals surface area contributed by atoms with E-state index in [-0.39, 0.29) is 18.2 Å². The zero-order valence-corrected chi connectivity index (χ0v) is 12.8. The summed E-state index contributed by atoms with van der Waals surface area (Å²) in [7, 11) is -1.41. The van der Waals surface area contributed by atoms with Crippen LogP contribution in [0.1, 0.15) is 25.7 Å². The van der Waals surface area contributed by atoms with Gasteiger partial charge in [0.1, 0.15) is 0 Å². The van der Waals surface area contributed by atoms with Crippen molar-refractivity contribution in [2.45, 2.75) is 30.9 Å². The highest BCUT2D eigenvalue weighted by Gasteiger charge is 2.40. The fraction of sp³-hybridized carbons (Fsp3) is 0.923. The minimum atomic E-state index is -3.00. The summed E-state index contributed by atoms with van der Waals surface area (Å²) in [6.07, 6.45) is 2.81. The topological polar surface area (TPSA) is 84.5 Å². The maximum atomic E-state index is 12.5. The number of hydrogen-bond donors (Lipinski definition) is 2. The molecule has 0 aliphatic carbocycles. The van der Waals surface area contributed by atoms with Crippen LogP contribution >= 0.6 is 0 Å². The van der Waals surface area contributed by atoms with Gasteiger partial charge in [-0.25, -0.2) is 8.42 Å². The summed E-state index contributed by atoms with van der Waals surface area (Å²) in [5.41, 5.74) is -0.512. The molecule has 2 aliphatic rings. The number of hydrogen-bond acceptors (Lipinski definition) is 5. The highest BCUT2D eigenvalue weighted by atomic mass is 32.2. The summed E-state index contributed by atoms with van der Waals surface area (Å²) in [6, 6.07) is 0. The maximum Gasteiger partial charge on any atom is 0.228 e. The molecule has 2 heterocycles. The summed E-state index contributed by atoms with van der Waals surface area (Å²) >= 11 is 0. The molecule has 6 nitrogen and oxygen atoms in total. The van der Waals surface area contributed by atoms with Gasteiger partial charge in [0.2, 0.25) is 5.91 Å². The van der Waals surface area contributed by atoms with Crippen molar-refractivity contribution in [3.05, 3.63) is 0 Å². The first-order valence-corrected chi connectivity index (χ1v) is 8.91. The number of piperidine rings is 1. The quantitative estimate of drug-likeness (QED) is 0.728. The highest BCUT2D eigenvalue weighted by molar-refractivity contribution is 7.92. The molecule has 0 aromatic carbocycles. The van der Waals surface area contributed by atoms with Crippen molar-refractivity contribution in [1.82, 2.24) is 10.6 Å². The van der Waals surface area contributed by atoms with Crippen LogP contribution in [-0.4, -0.2) is 58.7 Å². The number of carbonyl (C=O) groups is 1. The molecular formula is C13H24N2O4S. The van der Waals surface area contributed by atoms with Gasteiger partial charge in [0.05, 0.1) is 23.0 Å². The fourth-order valence-corrected chi connectivity index (χ4v) is 4.87. The Morgan fingerprint density at radius 2 is 2.10 bits per heavy atom. The van der Waals surface area contributed by atoms with Gasteiger partial charge >= 0.3 is 0 Å². The van der Waals surface area contributed by atoms with Gasteiger partial charge in [-0.3, -0.25) is 4.79 Å². The first-order chi connectivity index (χ1) is 9.50. The SMILES string of the molecule is COCC1(C(=O)NCC2CCCS2(=O)=O)CCNCC1. The predicted molar refractivity (Wildman–Crippen MR) is 76.2 cm³/mol. The number of carbonyl (C=O) groups excluding carboxylic acids is 1. The van der Waals surface area contributed by atoms with Crippen molar-refractivity contribution < 1.29 is 17.9 Å². The Kier molecular flexibility index (Phi) is 5.04. The van der Waals surface area contributed by atoms with Crippen molar-refractivity contribution in [2.75, 3.05) is 39.1 Å². The van der Waals surface area contributed by atoms with E-state index in [0.29, 0.717) is 19.4 Å². The van der Waals surface area contributed by atoms with E-state index in [9.17, 15) is 13.2 Å². The van der Waals surface area contributed by atoms with E-state index in [2.05, 4.69) is 10.6 Å². The van der Waals surface area contributed by atoms with Gasteiger partial charge in [0, 0.05) is 13.7 Å². The first kappa shape index (κ1) is 15.7. The van der Waals surface area contributed by atoms with Gasteiger partial charge in [0.15, 0.2) is 9.84 Å². The van der Waals surface area contributed by atoms with E-state index in [4.69, 9.17) is 4.74 Å². The summed E-state index contributed by atoms with van der Waals surface area (Å²) in [5, 5.41) is 5.67. The van der Waals surface area contributed by atoms with E-state index in [0.717, 1.165) is 25.9 Å². The molecule has 7 heteroatoms. The zero-order chi connectivity index (χ0) is 14.6. The average Bonchev–Trinajstić information content (AvgIpc) is 2.76. The molecule has 0 aromatic rings. The Bertz CT molecular complexity index is 438. The zero-order valence-electron chi connectivity index (χ0n) is 12.0. The van der Waals surface area contributed by atoms with E-state index >= 15 is 0 Å². The summed E-state index contributed by atoms with van der Waals surface area (Å²) < 4.78 is 28.8. The van der Waals surface area contributed by atoms with Crippen LogP contribution in [0.3, 0.4) is 0 Å². The molecule has 0 radical (unpaired) electrons. The van der Waals surface area contributed by atoms with Crippen LogP contribution in [0.2, 0.25) is 0 Å². The molecule has 1 unspecified atom stereocenters. The molecule has 0 spiro atoms.